The number of hydrogen-bond donors (Lipinski definition) is 1. The van der Waals surface area contributed by atoms with Gasteiger partial charge in [-0.1, -0.05) is 6.07 Å². The zero-order valence-electron chi connectivity index (χ0n) is 11.5. The highest BCUT2D eigenvalue weighted by Gasteiger charge is 2.10. The Labute approximate surface area is 122 Å². The zero-order valence-corrected chi connectivity index (χ0v) is 13.1. The van der Waals surface area contributed by atoms with Crippen LogP contribution in [0.1, 0.15) is 24.4 Å². The SMILES string of the molecule is CC(N)c1ccc(N(C)Cc2nccn2C)c(Br)c1. The molecule has 1 heterocycles. The highest BCUT2D eigenvalue weighted by Crippen LogP contribution is 2.29. The average molecular weight is 323 g/mol. The van der Waals surface area contributed by atoms with Crippen LogP contribution in [-0.2, 0) is 13.6 Å². The highest BCUT2D eigenvalue weighted by atomic mass is 79.9. The molecule has 102 valence electrons. The molecule has 0 saturated heterocycles. The summed E-state index contributed by atoms with van der Waals surface area (Å²) in [6.07, 6.45) is 3.77. The summed E-state index contributed by atoms with van der Waals surface area (Å²) >= 11 is 3.61. The molecule has 2 rings (SSSR count). The molecule has 1 atom stereocenters. The first kappa shape index (κ1) is 14.1. The highest BCUT2D eigenvalue weighted by molar-refractivity contribution is 9.10. The normalized spacial score (nSPS) is 12.5. The molecule has 0 spiro atoms. The lowest BCUT2D eigenvalue weighted by Crippen LogP contribution is -2.19. The smallest absolute Gasteiger partial charge is 0.127 e. The topological polar surface area (TPSA) is 47.1 Å². The van der Waals surface area contributed by atoms with Crippen molar-refractivity contribution in [1.82, 2.24) is 9.55 Å². The Morgan fingerprint density at radius 2 is 2.21 bits per heavy atom. The van der Waals surface area contributed by atoms with Crippen LogP contribution in [-0.4, -0.2) is 16.6 Å². The zero-order chi connectivity index (χ0) is 14.0. The van der Waals surface area contributed by atoms with Crippen LogP contribution in [0.3, 0.4) is 0 Å². The van der Waals surface area contributed by atoms with Crippen LogP contribution >= 0.6 is 15.9 Å². The lowest BCUT2D eigenvalue weighted by molar-refractivity contribution is 0.760. The van der Waals surface area contributed by atoms with Gasteiger partial charge in [0.2, 0.25) is 0 Å². The molecule has 0 radical (unpaired) electrons. The van der Waals surface area contributed by atoms with Gasteiger partial charge >= 0.3 is 0 Å². The van der Waals surface area contributed by atoms with Crippen molar-refractivity contribution in [2.45, 2.75) is 19.5 Å². The second-order valence-electron chi connectivity index (χ2n) is 4.81. The molecule has 2 N–H and O–H groups in total. The van der Waals surface area contributed by atoms with E-state index in [9.17, 15) is 0 Å². The van der Waals surface area contributed by atoms with Crippen molar-refractivity contribution < 1.29 is 0 Å². The number of anilines is 1. The van der Waals surface area contributed by atoms with Gasteiger partial charge in [0.05, 0.1) is 12.2 Å². The number of aromatic nitrogens is 2. The van der Waals surface area contributed by atoms with Gasteiger partial charge in [0.1, 0.15) is 5.82 Å². The van der Waals surface area contributed by atoms with Crippen molar-refractivity contribution in [3.8, 4) is 0 Å². The summed E-state index contributed by atoms with van der Waals surface area (Å²) in [5, 5.41) is 0. The summed E-state index contributed by atoms with van der Waals surface area (Å²) < 4.78 is 3.08. The first-order chi connectivity index (χ1) is 8.99. The fourth-order valence-corrected chi connectivity index (χ4v) is 2.66. The average Bonchev–Trinajstić information content (AvgIpc) is 2.74. The molecular weight excluding hydrogens is 304 g/mol. The Hall–Kier alpha value is -1.33. The molecule has 0 amide bonds. The second kappa shape index (κ2) is 5.75. The predicted molar refractivity (Wildman–Crippen MR) is 82.1 cm³/mol. The number of nitrogens with two attached hydrogens (primary N) is 1. The molecular formula is C14H19BrN4. The van der Waals surface area contributed by atoms with Crippen molar-refractivity contribution >= 4 is 21.6 Å². The number of nitrogens with zero attached hydrogens (tertiary/aromatic N) is 3. The van der Waals surface area contributed by atoms with E-state index in [1.54, 1.807) is 0 Å². The molecule has 2 aromatic rings. The van der Waals surface area contributed by atoms with Crippen LogP contribution in [0.25, 0.3) is 0 Å². The lowest BCUT2D eigenvalue weighted by atomic mass is 10.1. The van der Waals surface area contributed by atoms with Gasteiger partial charge in [-0.05, 0) is 40.5 Å². The predicted octanol–water partition coefficient (Wildman–Crippen LogP) is 2.84. The van der Waals surface area contributed by atoms with E-state index in [1.807, 2.05) is 30.9 Å². The Morgan fingerprint density at radius 1 is 1.47 bits per heavy atom. The summed E-state index contributed by atoms with van der Waals surface area (Å²) in [6.45, 7) is 2.75. The Morgan fingerprint density at radius 3 is 2.74 bits per heavy atom. The Kier molecular flexibility index (Phi) is 4.27. The maximum absolute atomic E-state index is 5.89. The fraction of sp³-hybridized carbons (Fsp3) is 0.357. The van der Waals surface area contributed by atoms with Crippen molar-refractivity contribution in [3.05, 3.63) is 46.5 Å². The molecule has 5 heteroatoms. The third-order valence-electron chi connectivity index (χ3n) is 3.21. The molecule has 19 heavy (non-hydrogen) atoms. The van der Waals surface area contributed by atoms with Crippen molar-refractivity contribution in [3.63, 3.8) is 0 Å². The summed E-state index contributed by atoms with van der Waals surface area (Å²) in [6, 6.07) is 6.28. The molecule has 0 bridgehead atoms. The van der Waals surface area contributed by atoms with Gasteiger partial charge in [-0.15, -0.1) is 0 Å². The lowest BCUT2D eigenvalue weighted by Gasteiger charge is -2.21. The maximum atomic E-state index is 5.89. The third kappa shape index (κ3) is 3.16. The van der Waals surface area contributed by atoms with Crippen molar-refractivity contribution in [2.75, 3.05) is 11.9 Å². The number of imidazole rings is 1. The first-order valence-corrected chi connectivity index (χ1v) is 7.00. The van der Waals surface area contributed by atoms with E-state index in [0.717, 1.165) is 28.1 Å². The van der Waals surface area contributed by atoms with E-state index in [2.05, 4.69) is 51.1 Å². The van der Waals surface area contributed by atoms with Gasteiger partial charge in [-0.3, -0.25) is 0 Å². The van der Waals surface area contributed by atoms with E-state index in [4.69, 9.17) is 5.73 Å². The van der Waals surface area contributed by atoms with Crippen LogP contribution in [0.5, 0.6) is 0 Å². The summed E-state index contributed by atoms with van der Waals surface area (Å²) in [4.78, 5) is 6.51. The number of halogens is 1. The van der Waals surface area contributed by atoms with Gasteiger partial charge < -0.3 is 15.2 Å². The monoisotopic (exact) mass is 322 g/mol. The Bertz CT molecular complexity index is 562. The van der Waals surface area contributed by atoms with E-state index in [-0.39, 0.29) is 6.04 Å². The Balaban J connectivity index is 2.20. The molecule has 0 aliphatic heterocycles. The maximum Gasteiger partial charge on any atom is 0.127 e. The van der Waals surface area contributed by atoms with Crippen LogP contribution in [0, 0.1) is 0 Å². The van der Waals surface area contributed by atoms with Gasteiger partial charge in [0.15, 0.2) is 0 Å². The molecule has 1 unspecified atom stereocenters. The first-order valence-electron chi connectivity index (χ1n) is 6.21. The van der Waals surface area contributed by atoms with Gasteiger partial charge in [-0.25, -0.2) is 4.98 Å². The minimum absolute atomic E-state index is 0.0465. The van der Waals surface area contributed by atoms with Crippen LogP contribution in [0.15, 0.2) is 35.1 Å². The molecule has 0 aliphatic carbocycles. The van der Waals surface area contributed by atoms with E-state index >= 15 is 0 Å². The number of aryl methyl sites for hydroxylation is 1. The number of benzene rings is 1. The van der Waals surface area contributed by atoms with Gasteiger partial charge in [-0.2, -0.15) is 0 Å². The fourth-order valence-electron chi connectivity index (χ4n) is 1.96. The molecule has 4 nitrogen and oxygen atoms in total. The van der Waals surface area contributed by atoms with Crippen molar-refractivity contribution in [2.24, 2.45) is 12.8 Å². The van der Waals surface area contributed by atoms with Crippen molar-refractivity contribution in [1.29, 1.82) is 0 Å². The minimum atomic E-state index is 0.0465. The summed E-state index contributed by atoms with van der Waals surface area (Å²) in [5.74, 6) is 1.03. The number of rotatable bonds is 4. The van der Waals surface area contributed by atoms with Gasteiger partial charge in [0, 0.05) is 37.0 Å². The molecule has 1 aromatic carbocycles. The van der Waals surface area contributed by atoms with E-state index in [0.29, 0.717) is 0 Å². The third-order valence-corrected chi connectivity index (χ3v) is 3.84. The molecule has 0 fully saturated rings. The molecule has 0 aliphatic rings. The minimum Gasteiger partial charge on any atom is -0.366 e. The van der Waals surface area contributed by atoms with Gasteiger partial charge in [0.25, 0.3) is 0 Å². The van der Waals surface area contributed by atoms with Crippen LogP contribution in [0.2, 0.25) is 0 Å². The quantitative estimate of drug-likeness (QED) is 0.941. The second-order valence-corrected chi connectivity index (χ2v) is 5.66. The molecule has 0 saturated carbocycles. The van der Waals surface area contributed by atoms with Crippen LogP contribution < -0.4 is 10.6 Å². The number of hydrogen-bond acceptors (Lipinski definition) is 3. The van der Waals surface area contributed by atoms with E-state index in [1.165, 1.54) is 0 Å². The van der Waals surface area contributed by atoms with E-state index < -0.39 is 0 Å². The standard InChI is InChI=1S/C14H19BrN4/c1-10(16)11-4-5-13(12(15)8-11)19(3)9-14-17-6-7-18(14)2/h4-8,10H,9,16H2,1-3H3. The van der Waals surface area contributed by atoms with Crippen LogP contribution in [0.4, 0.5) is 5.69 Å². The summed E-state index contributed by atoms with van der Waals surface area (Å²) in [5.41, 5.74) is 8.15. The molecule has 1 aromatic heterocycles. The summed E-state index contributed by atoms with van der Waals surface area (Å²) in [7, 11) is 4.06. The largest absolute Gasteiger partial charge is 0.366 e.